The van der Waals surface area contributed by atoms with Gasteiger partial charge in [-0.25, -0.2) is 4.79 Å². The molecule has 0 bridgehead atoms. The molecule has 2 rings (SSSR count). The van der Waals surface area contributed by atoms with Crippen LogP contribution in [0.2, 0.25) is 0 Å². The Morgan fingerprint density at radius 3 is 2.82 bits per heavy atom. The molecule has 0 radical (unpaired) electrons. The van der Waals surface area contributed by atoms with E-state index >= 15 is 0 Å². The first kappa shape index (κ1) is 11.8. The first-order valence-electron chi connectivity index (χ1n) is 5.99. The fourth-order valence-electron chi connectivity index (χ4n) is 2.41. The molecule has 1 fully saturated rings. The van der Waals surface area contributed by atoms with Crippen molar-refractivity contribution in [2.24, 2.45) is 0 Å². The Hall–Kier alpha value is -1.71. The van der Waals surface area contributed by atoms with E-state index in [9.17, 15) is 4.79 Å². The Balaban J connectivity index is 2.29. The van der Waals surface area contributed by atoms with E-state index in [0.717, 1.165) is 12.2 Å². The summed E-state index contributed by atoms with van der Waals surface area (Å²) in [5.74, 6) is -0.935. The molecule has 4 heteroatoms. The van der Waals surface area contributed by atoms with Crippen molar-refractivity contribution in [3.05, 3.63) is 23.8 Å². The maximum absolute atomic E-state index is 10.8. The minimum absolute atomic E-state index is 0.246. The zero-order chi connectivity index (χ0) is 12.4. The lowest BCUT2D eigenvalue weighted by Crippen LogP contribution is -2.37. The van der Waals surface area contributed by atoms with Crippen molar-refractivity contribution in [2.45, 2.75) is 32.2 Å². The number of carboxylic acid groups (broad SMARTS) is 1. The second kappa shape index (κ2) is 4.65. The summed E-state index contributed by atoms with van der Waals surface area (Å²) in [6.45, 7) is 3.18. The van der Waals surface area contributed by atoms with Gasteiger partial charge in [-0.05, 0) is 44.4 Å². The molecule has 4 nitrogen and oxygen atoms in total. The van der Waals surface area contributed by atoms with Gasteiger partial charge < -0.3 is 15.7 Å². The molecule has 1 aromatic rings. The Morgan fingerprint density at radius 1 is 1.47 bits per heavy atom. The van der Waals surface area contributed by atoms with Gasteiger partial charge in [-0.15, -0.1) is 0 Å². The lowest BCUT2D eigenvalue weighted by molar-refractivity contribution is 0.0697. The van der Waals surface area contributed by atoms with Crippen LogP contribution in [0, 0.1) is 0 Å². The third kappa shape index (κ3) is 2.35. The van der Waals surface area contributed by atoms with Gasteiger partial charge in [0.05, 0.1) is 16.9 Å². The highest BCUT2D eigenvalue weighted by Crippen LogP contribution is 2.30. The summed E-state index contributed by atoms with van der Waals surface area (Å²) in [5.41, 5.74) is 7.71. The minimum atomic E-state index is -0.935. The Labute approximate surface area is 101 Å². The van der Waals surface area contributed by atoms with Crippen LogP contribution in [0.4, 0.5) is 11.4 Å². The number of aromatic carboxylic acids is 1. The van der Waals surface area contributed by atoms with Gasteiger partial charge in [-0.1, -0.05) is 0 Å². The molecule has 1 atom stereocenters. The number of benzene rings is 1. The predicted octanol–water partition coefficient (Wildman–Crippen LogP) is 2.35. The standard InChI is InChI=1S/C13H18N2O2/c1-9-4-2-3-7-15(9)12-6-5-10(13(16)17)8-11(12)14/h5-6,8-9H,2-4,7,14H2,1H3,(H,16,17). The molecular formula is C13H18N2O2. The molecule has 1 saturated heterocycles. The summed E-state index contributed by atoms with van der Waals surface area (Å²) in [5, 5.41) is 8.89. The molecule has 1 unspecified atom stereocenters. The van der Waals surface area contributed by atoms with Gasteiger partial charge in [0.1, 0.15) is 0 Å². The molecule has 1 aliphatic rings. The first-order valence-corrected chi connectivity index (χ1v) is 5.99. The van der Waals surface area contributed by atoms with Gasteiger partial charge >= 0.3 is 5.97 Å². The van der Waals surface area contributed by atoms with Crippen molar-refractivity contribution >= 4 is 17.3 Å². The molecule has 1 aromatic carbocycles. The van der Waals surface area contributed by atoms with Crippen LogP contribution in [0.25, 0.3) is 0 Å². The number of rotatable bonds is 2. The van der Waals surface area contributed by atoms with Crippen LogP contribution in [-0.2, 0) is 0 Å². The summed E-state index contributed by atoms with van der Waals surface area (Å²) in [7, 11) is 0. The van der Waals surface area contributed by atoms with E-state index in [1.54, 1.807) is 12.1 Å². The molecule has 1 heterocycles. The Morgan fingerprint density at radius 2 is 2.24 bits per heavy atom. The second-order valence-electron chi connectivity index (χ2n) is 4.62. The summed E-state index contributed by atoms with van der Waals surface area (Å²) in [6, 6.07) is 5.45. The summed E-state index contributed by atoms with van der Waals surface area (Å²) < 4.78 is 0. The third-order valence-corrected chi connectivity index (χ3v) is 3.39. The molecule has 3 N–H and O–H groups in total. The number of carbonyl (C=O) groups is 1. The maximum atomic E-state index is 10.8. The fraction of sp³-hybridized carbons (Fsp3) is 0.462. The summed E-state index contributed by atoms with van der Waals surface area (Å²) in [4.78, 5) is 13.1. The Bertz CT molecular complexity index is 431. The quantitative estimate of drug-likeness (QED) is 0.771. The van der Waals surface area contributed by atoms with E-state index in [4.69, 9.17) is 10.8 Å². The molecule has 0 aromatic heterocycles. The lowest BCUT2D eigenvalue weighted by atomic mass is 10.0. The molecule has 0 aliphatic carbocycles. The lowest BCUT2D eigenvalue weighted by Gasteiger charge is -2.36. The van der Waals surface area contributed by atoms with Crippen molar-refractivity contribution in [1.29, 1.82) is 0 Å². The van der Waals surface area contributed by atoms with Crippen LogP contribution in [-0.4, -0.2) is 23.7 Å². The van der Waals surface area contributed by atoms with Gasteiger partial charge in [0.15, 0.2) is 0 Å². The number of piperidine rings is 1. The summed E-state index contributed by atoms with van der Waals surface area (Å²) in [6.07, 6.45) is 3.59. The zero-order valence-electron chi connectivity index (χ0n) is 10.0. The van der Waals surface area contributed by atoms with E-state index < -0.39 is 5.97 Å². The van der Waals surface area contributed by atoms with Crippen molar-refractivity contribution in [2.75, 3.05) is 17.2 Å². The topological polar surface area (TPSA) is 66.6 Å². The van der Waals surface area contributed by atoms with E-state index in [2.05, 4.69) is 11.8 Å². The van der Waals surface area contributed by atoms with Crippen molar-refractivity contribution in [3.8, 4) is 0 Å². The zero-order valence-corrected chi connectivity index (χ0v) is 10.0. The van der Waals surface area contributed by atoms with Crippen LogP contribution in [0.5, 0.6) is 0 Å². The highest BCUT2D eigenvalue weighted by molar-refractivity contribution is 5.90. The smallest absolute Gasteiger partial charge is 0.335 e. The van der Waals surface area contributed by atoms with Crippen LogP contribution in [0.3, 0.4) is 0 Å². The minimum Gasteiger partial charge on any atom is -0.478 e. The number of nitrogens with zero attached hydrogens (tertiary/aromatic N) is 1. The Kier molecular flexibility index (Phi) is 3.22. The maximum Gasteiger partial charge on any atom is 0.335 e. The number of hydrogen-bond acceptors (Lipinski definition) is 3. The molecule has 0 spiro atoms. The van der Waals surface area contributed by atoms with Crippen molar-refractivity contribution < 1.29 is 9.90 Å². The van der Waals surface area contributed by atoms with E-state index in [1.165, 1.54) is 19.3 Å². The largest absolute Gasteiger partial charge is 0.478 e. The molecule has 1 aliphatic heterocycles. The van der Waals surface area contributed by atoms with Crippen LogP contribution < -0.4 is 10.6 Å². The molecule has 92 valence electrons. The number of nitrogens with two attached hydrogens (primary N) is 1. The highest BCUT2D eigenvalue weighted by atomic mass is 16.4. The van der Waals surface area contributed by atoms with Gasteiger partial charge in [0.2, 0.25) is 0 Å². The number of anilines is 2. The van der Waals surface area contributed by atoms with Crippen LogP contribution >= 0.6 is 0 Å². The van der Waals surface area contributed by atoms with Crippen LogP contribution in [0.15, 0.2) is 18.2 Å². The number of hydrogen-bond donors (Lipinski definition) is 2. The highest BCUT2D eigenvalue weighted by Gasteiger charge is 2.20. The normalized spacial score (nSPS) is 20.3. The summed E-state index contributed by atoms with van der Waals surface area (Å²) >= 11 is 0. The fourth-order valence-corrected chi connectivity index (χ4v) is 2.41. The molecule has 17 heavy (non-hydrogen) atoms. The molecule has 0 amide bonds. The van der Waals surface area contributed by atoms with Gasteiger partial charge in [0, 0.05) is 12.6 Å². The van der Waals surface area contributed by atoms with E-state index in [1.807, 2.05) is 6.07 Å². The SMILES string of the molecule is CC1CCCCN1c1ccc(C(=O)O)cc1N. The van der Waals surface area contributed by atoms with E-state index in [0.29, 0.717) is 11.7 Å². The molecular weight excluding hydrogens is 216 g/mol. The monoisotopic (exact) mass is 234 g/mol. The van der Waals surface area contributed by atoms with E-state index in [-0.39, 0.29) is 5.56 Å². The van der Waals surface area contributed by atoms with Gasteiger partial charge in [-0.2, -0.15) is 0 Å². The first-order chi connectivity index (χ1) is 8.09. The number of nitrogen functional groups attached to an aromatic ring is 1. The second-order valence-corrected chi connectivity index (χ2v) is 4.62. The third-order valence-electron chi connectivity index (χ3n) is 3.39. The van der Waals surface area contributed by atoms with Gasteiger partial charge in [-0.3, -0.25) is 0 Å². The van der Waals surface area contributed by atoms with Crippen LogP contribution in [0.1, 0.15) is 36.5 Å². The molecule has 0 saturated carbocycles. The average molecular weight is 234 g/mol. The average Bonchev–Trinajstić information content (AvgIpc) is 2.30. The van der Waals surface area contributed by atoms with Crippen molar-refractivity contribution in [1.82, 2.24) is 0 Å². The number of carboxylic acids is 1. The van der Waals surface area contributed by atoms with Crippen molar-refractivity contribution in [3.63, 3.8) is 0 Å². The van der Waals surface area contributed by atoms with Gasteiger partial charge in [0.25, 0.3) is 0 Å². The predicted molar refractivity (Wildman–Crippen MR) is 68.5 cm³/mol.